The van der Waals surface area contributed by atoms with E-state index in [2.05, 4.69) is 0 Å². The molecule has 0 atom stereocenters. The highest BCUT2D eigenvalue weighted by Gasteiger charge is 2.17. The summed E-state index contributed by atoms with van der Waals surface area (Å²) in [6, 6.07) is 3.34. The highest BCUT2D eigenvalue weighted by molar-refractivity contribution is 7.85. The molecule has 0 radical (unpaired) electrons. The van der Waals surface area contributed by atoms with Crippen molar-refractivity contribution in [3.63, 3.8) is 0 Å². The summed E-state index contributed by atoms with van der Waals surface area (Å²) in [4.78, 5) is 9.74. The molecule has 88 valence electrons. The van der Waals surface area contributed by atoms with Crippen LogP contribution in [0.25, 0.3) is 0 Å². The molecule has 0 aliphatic carbocycles. The first-order chi connectivity index (χ1) is 7.33. The van der Waals surface area contributed by atoms with Crippen molar-refractivity contribution in [1.29, 1.82) is 0 Å². The van der Waals surface area contributed by atoms with Gasteiger partial charge in [0.2, 0.25) is 0 Å². The normalized spacial score (nSPS) is 11.1. The van der Waals surface area contributed by atoms with E-state index in [1.807, 2.05) is 0 Å². The number of nitro benzene ring substituents is 1. The van der Waals surface area contributed by atoms with Crippen LogP contribution in [0.5, 0.6) is 5.75 Å². The lowest BCUT2D eigenvalue weighted by molar-refractivity contribution is -0.384. The summed E-state index contributed by atoms with van der Waals surface area (Å²) in [5, 5.41) is 10.4. The number of hydrogen-bond acceptors (Lipinski definition) is 5. The van der Waals surface area contributed by atoms with E-state index in [1.165, 1.54) is 13.2 Å². The lowest BCUT2D eigenvalue weighted by Gasteiger charge is -2.05. The van der Waals surface area contributed by atoms with E-state index in [0.29, 0.717) is 0 Å². The lowest BCUT2D eigenvalue weighted by atomic mass is 10.2. The lowest BCUT2D eigenvalue weighted by Crippen LogP contribution is -2.00. The average Bonchev–Trinajstić information content (AvgIpc) is 2.15. The molecule has 0 saturated heterocycles. The molecule has 0 fully saturated rings. The molecule has 0 N–H and O–H groups in total. The molecular formula is C8H8FNO5S. The van der Waals surface area contributed by atoms with Gasteiger partial charge < -0.3 is 4.74 Å². The molecule has 0 heterocycles. The number of hydrogen-bond donors (Lipinski definition) is 0. The fourth-order valence-electron chi connectivity index (χ4n) is 1.18. The first-order valence-corrected chi connectivity index (χ1v) is 5.62. The molecule has 0 unspecified atom stereocenters. The Labute approximate surface area is 91.0 Å². The van der Waals surface area contributed by atoms with Crippen LogP contribution in [0.2, 0.25) is 0 Å². The molecule has 1 aromatic carbocycles. The van der Waals surface area contributed by atoms with Gasteiger partial charge in [-0.3, -0.25) is 10.1 Å². The molecular weight excluding hydrogens is 241 g/mol. The highest BCUT2D eigenvalue weighted by atomic mass is 32.3. The van der Waals surface area contributed by atoms with Crippen molar-refractivity contribution in [1.82, 2.24) is 0 Å². The van der Waals surface area contributed by atoms with Gasteiger partial charge in [-0.25, -0.2) is 0 Å². The highest BCUT2D eigenvalue weighted by Crippen LogP contribution is 2.25. The number of benzene rings is 1. The maximum atomic E-state index is 12.5. The molecule has 0 saturated carbocycles. The molecule has 0 aliphatic rings. The Hall–Kier alpha value is -1.70. The van der Waals surface area contributed by atoms with Gasteiger partial charge in [-0.15, -0.1) is 3.89 Å². The number of halogens is 1. The van der Waals surface area contributed by atoms with Crippen molar-refractivity contribution in [2.45, 2.75) is 5.75 Å². The Balaban J connectivity index is 3.22. The third-order valence-electron chi connectivity index (χ3n) is 1.80. The first kappa shape index (κ1) is 12.4. The largest absolute Gasteiger partial charge is 0.496 e. The van der Waals surface area contributed by atoms with E-state index < -0.39 is 20.9 Å². The maximum Gasteiger partial charge on any atom is 0.306 e. The summed E-state index contributed by atoms with van der Waals surface area (Å²) in [7, 11) is -3.50. The zero-order chi connectivity index (χ0) is 12.3. The van der Waals surface area contributed by atoms with Crippen LogP contribution in [0.3, 0.4) is 0 Å². The second-order valence-corrected chi connectivity index (χ2v) is 4.30. The minimum atomic E-state index is -4.75. The predicted octanol–water partition coefficient (Wildman–Crippen LogP) is 1.40. The monoisotopic (exact) mass is 249 g/mol. The molecule has 1 rings (SSSR count). The summed E-state index contributed by atoms with van der Waals surface area (Å²) in [5.74, 6) is -0.857. The third kappa shape index (κ3) is 3.16. The molecule has 16 heavy (non-hydrogen) atoms. The number of ether oxygens (including phenoxy) is 1. The number of rotatable bonds is 4. The molecule has 0 amide bonds. The number of methoxy groups -OCH3 is 1. The second kappa shape index (κ2) is 4.44. The molecule has 1 aromatic rings. The van der Waals surface area contributed by atoms with E-state index in [1.54, 1.807) is 0 Å². The van der Waals surface area contributed by atoms with E-state index in [0.717, 1.165) is 12.1 Å². The minimum Gasteiger partial charge on any atom is -0.496 e. The van der Waals surface area contributed by atoms with Crippen molar-refractivity contribution in [2.24, 2.45) is 0 Å². The van der Waals surface area contributed by atoms with E-state index in [9.17, 15) is 22.4 Å². The summed E-state index contributed by atoms with van der Waals surface area (Å²) in [5.41, 5.74) is -0.404. The SMILES string of the molecule is COc1ccc([N+](=O)[O-])cc1CS(=O)(=O)F. The van der Waals surface area contributed by atoms with Gasteiger partial charge in [0.25, 0.3) is 5.69 Å². The molecule has 0 aromatic heterocycles. The van der Waals surface area contributed by atoms with Crippen molar-refractivity contribution in [3.05, 3.63) is 33.9 Å². The van der Waals surface area contributed by atoms with E-state index in [4.69, 9.17) is 4.74 Å². The van der Waals surface area contributed by atoms with Crippen LogP contribution >= 0.6 is 0 Å². The van der Waals surface area contributed by atoms with Crippen LogP contribution in [0.15, 0.2) is 18.2 Å². The van der Waals surface area contributed by atoms with Crippen LogP contribution in [0.4, 0.5) is 9.57 Å². The van der Waals surface area contributed by atoms with Crippen molar-refractivity contribution in [2.75, 3.05) is 7.11 Å². The average molecular weight is 249 g/mol. The summed E-state index contributed by atoms with van der Waals surface area (Å²) >= 11 is 0. The molecule has 6 nitrogen and oxygen atoms in total. The van der Waals surface area contributed by atoms with Crippen LogP contribution in [0.1, 0.15) is 5.56 Å². The number of nitro groups is 1. The number of nitrogens with zero attached hydrogens (tertiary/aromatic N) is 1. The first-order valence-electron chi connectivity index (χ1n) is 4.07. The topological polar surface area (TPSA) is 86.5 Å². The minimum absolute atomic E-state index is 0.0841. The fourth-order valence-corrected chi connectivity index (χ4v) is 1.77. The Morgan fingerprint density at radius 1 is 1.50 bits per heavy atom. The van der Waals surface area contributed by atoms with Crippen LogP contribution in [0, 0.1) is 10.1 Å². The fraction of sp³-hybridized carbons (Fsp3) is 0.250. The molecule has 8 heteroatoms. The summed E-state index contributed by atoms with van der Waals surface area (Å²) < 4.78 is 38.2. The van der Waals surface area contributed by atoms with Gasteiger partial charge in [0.15, 0.2) is 0 Å². The van der Waals surface area contributed by atoms with Gasteiger partial charge >= 0.3 is 10.2 Å². The predicted molar refractivity (Wildman–Crippen MR) is 53.4 cm³/mol. The zero-order valence-corrected chi connectivity index (χ0v) is 9.03. The van der Waals surface area contributed by atoms with Crippen LogP contribution in [-0.2, 0) is 16.0 Å². The zero-order valence-electron chi connectivity index (χ0n) is 8.21. The van der Waals surface area contributed by atoms with Crippen molar-refractivity contribution in [3.8, 4) is 5.75 Å². The number of non-ortho nitro benzene ring substituents is 1. The molecule has 0 bridgehead atoms. The quantitative estimate of drug-likeness (QED) is 0.457. The van der Waals surface area contributed by atoms with Gasteiger partial charge in [-0.05, 0) is 6.07 Å². The second-order valence-electron chi connectivity index (χ2n) is 2.94. The van der Waals surface area contributed by atoms with Crippen LogP contribution < -0.4 is 4.74 Å². The maximum absolute atomic E-state index is 12.5. The van der Waals surface area contributed by atoms with Gasteiger partial charge in [0, 0.05) is 17.7 Å². The van der Waals surface area contributed by atoms with Gasteiger partial charge in [-0.1, -0.05) is 0 Å². The Morgan fingerprint density at radius 3 is 2.56 bits per heavy atom. The third-order valence-corrected chi connectivity index (χ3v) is 2.46. The van der Waals surface area contributed by atoms with Gasteiger partial charge in [0.1, 0.15) is 11.5 Å². The molecule has 0 spiro atoms. The molecule has 0 aliphatic heterocycles. The Bertz CT molecular complexity index is 513. The van der Waals surface area contributed by atoms with Gasteiger partial charge in [0.05, 0.1) is 12.0 Å². The summed E-state index contributed by atoms with van der Waals surface area (Å²) in [6.45, 7) is 0. The Kier molecular flexibility index (Phi) is 3.43. The van der Waals surface area contributed by atoms with Crippen molar-refractivity contribution < 1.29 is 22.0 Å². The smallest absolute Gasteiger partial charge is 0.306 e. The summed E-state index contributed by atoms with van der Waals surface area (Å²) in [6.07, 6.45) is 0. The van der Waals surface area contributed by atoms with E-state index in [-0.39, 0.29) is 17.0 Å². The van der Waals surface area contributed by atoms with Crippen LogP contribution in [-0.4, -0.2) is 20.5 Å². The van der Waals surface area contributed by atoms with Crippen molar-refractivity contribution >= 4 is 15.9 Å². The van der Waals surface area contributed by atoms with E-state index >= 15 is 0 Å². The van der Waals surface area contributed by atoms with Gasteiger partial charge in [-0.2, -0.15) is 8.42 Å². The standard InChI is InChI=1S/C8H8FNO5S/c1-15-8-3-2-7(10(11)12)4-6(8)5-16(9,13)14/h2-4H,5H2,1H3. The Morgan fingerprint density at radius 2 is 2.12 bits per heavy atom.